The van der Waals surface area contributed by atoms with Crippen molar-refractivity contribution >= 4 is 5.91 Å². The van der Waals surface area contributed by atoms with Crippen molar-refractivity contribution in [3.05, 3.63) is 0 Å². The molecule has 0 aromatic carbocycles. The van der Waals surface area contributed by atoms with Crippen LogP contribution in [0, 0.1) is 28.6 Å². The molecule has 0 aromatic rings. The van der Waals surface area contributed by atoms with Crippen LogP contribution in [0.15, 0.2) is 0 Å². The summed E-state index contributed by atoms with van der Waals surface area (Å²) in [5.74, 6) is 1.04. The highest BCUT2D eigenvalue weighted by molar-refractivity contribution is 5.86. The Morgan fingerprint density at radius 1 is 1.60 bits per heavy atom. The summed E-state index contributed by atoms with van der Waals surface area (Å²) in [7, 11) is 0. The van der Waals surface area contributed by atoms with Gasteiger partial charge in [-0.3, -0.25) is 4.79 Å². The molecule has 0 atom stereocenters. The van der Waals surface area contributed by atoms with Crippen LogP contribution in [0.2, 0.25) is 0 Å². The normalized spacial score (nSPS) is 29.4. The summed E-state index contributed by atoms with van der Waals surface area (Å²) in [5.41, 5.74) is -0.712. The number of nitrogens with one attached hydrogen (secondary N) is 1. The van der Waals surface area contributed by atoms with Gasteiger partial charge in [0.05, 0.1) is 6.07 Å². The molecule has 1 N–H and O–H groups in total. The van der Waals surface area contributed by atoms with E-state index in [1.165, 1.54) is 0 Å². The Balaban J connectivity index is 2.37. The van der Waals surface area contributed by atoms with Crippen molar-refractivity contribution in [1.82, 2.24) is 5.32 Å². The van der Waals surface area contributed by atoms with Crippen LogP contribution in [0.4, 0.5) is 0 Å². The fourth-order valence-corrected chi connectivity index (χ4v) is 2.10. The zero-order valence-corrected chi connectivity index (χ0v) is 9.84. The Morgan fingerprint density at radius 2 is 2.20 bits per heavy atom. The van der Waals surface area contributed by atoms with Gasteiger partial charge in [0.15, 0.2) is 0 Å². The zero-order valence-electron chi connectivity index (χ0n) is 9.84. The van der Waals surface area contributed by atoms with Crippen molar-refractivity contribution < 1.29 is 4.79 Å². The smallest absolute Gasteiger partial charge is 0.240 e. The van der Waals surface area contributed by atoms with Crippen LogP contribution in [0.5, 0.6) is 0 Å². The molecule has 0 spiro atoms. The summed E-state index contributed by atoms with van der Waals surface area (Å²) in [5, 5.41) is 11.9. The quantitative estimate of drug-likeness (QED) is 0.769. The summed E-state index contributed by atoms with van der Waals surface area (Å²) < 4.78 is 0. The van der Waals surface area contributed by atoms with E-state index in [0.717, 1.165) is 19.3 Å². The molecule has 0 unspecified atom stereocenters. The predicted molar refractivity (Wildman–Crippen MR) is 58.9 cm³/mol. The van der Waals surface area contributed by atoms with E-state index < -0.39 is 5.41 Å². The average Bonchev–Trinajstić information content (AvgIpc) is 2.11. The van der Waals surface area contributed by atoms with Gasteiger partial charge >= 0.3 is 0 Å². The molecule has 1 aliphatic carbocycles. The zero-order chi connectivity index (χ0) is 11.5. The topological polar surface area (TPSA) is 52.9 Å². The summed E-state index contributed by atoms with van der Waals surface area (Å²) in [6.45, 7) is 7.01. The van der Waals surface area contributed by atoms with Crippen LogP contribution >= 0.6 is 0 Å². The van der Waals surface area contributed by atoms with Crippen LogP contribution < -0.4 is 5.32 Å². The molecular weight excluding hydrogens is 188 g/mol. The van der Waals surface area contributed by atoms with Gasteiger partial charge in [0, 0.05) is 6.54 Å². The maximum Gasteiger partial charge on any atom is 0.240 e. The van der Waals surface area contributed by atoms with Crippen molar-refractivity contribution in [2.45, 2.75) is 40.0 Å². The Bertz CT molecular complexity index is 272. The molecule has 0 heterocycles. The highest BCUT2D eigenvalue weighted by atomic mass is 16.2. The van der Waals surface area contributed by atoms with E-state index in [2.05, 4.69) is 32.2 Å². The molecule has 0 aliphatic heterocycles. The highest BCUT2D eigenvalue weighted by Crippen LogP contribution is 2.44. The lowest BCUT2D eigenvalue weighted by molar-refractivity contribution is -0.133. The second kappa shape index (κ2) is 4.65. The number of carbonyl (C=O) groups is 1. The van der Waals surface area contributed by atoms with Crippen LogP contribution in [0.3, 0.4) is 0 Å². The van der Waals surface area contributed by atoms with Gasteiger partial charge in [-0.25, -0.2) is 0 Å². The van der Waals surface area contributed by atoms with E-state index in [-0.39, 0.29) is 5.91 Å². The Hall–Kier alpha value is -1.04. The summed E-state index contributed by atoms with van der Waals surface area (Å²) in [6.07, 6.45) is 2.41. The molecule has 0 saturated heterocycles. The number of rotatable bonds is 4. The van der Waals surface area contributed by atoms with Gasteiger partial charge < -0.3 is 5.32 Å². The standard InChI is InChI=1S/C12H20N2O/c1-9(2)4-5-14-11(15)12(8-13)6-10(3)7-12/h9-10H,4-7H2,1-3H3,(H,14,15). The van der Waals surface area contributed by atoms with E-state index >= 15 is 0 Å². The van der Waals surface area contributed by atoms with Crippen LogP contribution in [-0.2, 0) is 4.79 Å². The lowest BCUT2D eigenvalue weighted by Crippen LogP contribution is -2.48. The number of nitriles is 1. The van der Waals surface area contributed by atoms with Crippen molar-refractivity contribution in [2.24, 2.45) is 17.3 Å². The third-order valence-corrected chi connectivity index (χ3v) is 3.05. The fourth-order valence-electron chi connectivity index (χ4n) is 2.10. The first-order chi connectivity index (χ1) is 7.00. The molecule has 1 fully saturated rings. The third kappa shape index (κ3) is 2.71. The molecule has 0 bridgehead atoms. The molecule has 15 heavy (non-hydrogen) atoms. The Labute approximate surface area is 91.9 Å². The predicted octanol–water partition coefficient (Wildman–Crippen LogP) is 2.09. The first-order valence-electron chi connectivity index (χ1n) is 5.70. The second-order valence-corrected chi connectivity index (χ2v) is 5.15. The monoisotopic (exact) mass is 208 g/mol. The minimum Gasteiger partial charge on any atom is -0.355 e. The molecule has 0 radical (unpaired) electrons. The first-order valence-corrected chi connectivity index (χ1v) is 5.70. The molecule has 0 aromatic heterocycles. The molecule has 84 valence electrons. The van der Waals surface area contributed by atoms with Crippen LogP contribution in [0.25, 0.3) is 0 Å². The van der Waals surface area contributed by atoms with Gasteiger partial charge in [-0.15, -0.1) is 0 Å². The minimum atomic E-state index is -0.712. The molecular formula is C12H20N2O. The Morgan fingerprint density at radius 3 is 2.60 bits per heavy atom. The van der Waals surface area contributed by atoms with Gasteiger partial charge in [-0.05, 0) is 31.1 Å². The maximum atomic E-state index is 11.8. The highest BCUT2D eigenvalue weighted by Gasteiger charge is 2.48. The molecule has 1 amide bonds. The van der Waals surface area contributed by atoms with Crippen LogP contribution in [-0.4, -0.2) is 12.5 Å². The van der Waals surface area contributed by atoms with Gasteiger partial charge in [0.25, 0.3) is 0 Å². The van der Waals surface area contributed by atoms with Gasteiger partial charge in [0.1, 0.15) is 5.41 Å². The summed E-state index contributed by atoms with van der Waals surface area (Å²) >= 11 is 0. The maximum absolute atomic E-state index is 11.8. The molecule has 1 rings (SSSR count). The second-order valence-electron chi connectivity index (χ2n) is 5.15. The van der Waals surface area contributed by atoms with Crippen molar-refractivity contribution in [1.29, 1.82) is 5.26 Å². The van der Waals surface area contributed by atoms with Gasteiger partial charge in [-0.2, -0.15) is 5.26 Å². The fraction of sp³-hybridized carbons (Fsp3) is 0.833. The molecule has 3 nitrogen and oxygen atoms in total. The average molecular weight is 208 g/mol. The van der Waals surface area contributed by atoms with E-state index in [9.17, 15) is 4.79 Å². The lowest BCUT2D eigenvalue weighted by atomic mass is 9.63. The summed E-state index contributed by atoms with van der Waals surface area (Å²) in [6, 6.07) is 2.17. The van der Waals surface area contributed by atoms with Crippen molar-refractivity contribution in [3.63, 3.8) is 0 Å². The first kappa shape index (κ1) is 12.0. The number of hydrogen-bond acceptors (Lipinski definition) is 2. The Kier molecular flexibility index (Phi) is 3.73. The molecule has 3 heteroatoms. The molecule has 1 aliphatic rings. The van der Waals surface area contributed by atoms with Crippen LogP contribution in [0.1, 0.15) is 40.0 Å². The van der Waals surface area contributed by atoms with E-state index in [1.807, 2.05) is 0 Å². The molecule has 1 saturated carbocycles. The number of carbonyl (C=O) groups excluding carboxylic acids is 1. The SMILES string of the molecule is CC(C)CCNC(=O)C1(C#N)CC(C)C1. The number of nitrogens with zero attached hydrogens (tertiary/aromatic N) is 1. The van der Waals surface area contributed by atoms with E-state index in [4.69, 9.17) is 5.26 Å². The largest absolute Gasteiger partial charge is 0.355 e. The minimum absolute atomic E-state index is 0.0660. The van der Waals surface area contributed by atoms with Crippen molar-refractivity contribution in [2.75, 3.05) is 6.54 Å². The van der Waals surface area contributed by atoms with E-state index in [0.29, 0.717) is 18.4 Å². The third-order valence-electron chi connectivity index (χ3n) is 3.05. The lowest BCUT2D eigenvalue weighted by Gasteiger charge is -2.39. The number of hydrogen-bond donors (Lipinski definition) is 1. The van der Waals surface area contributed by atoms with Gasteiger partial charge in [0.2, 0.25) is 5.91 Å². The summed E-state index contributed by atoms with van der Waals surface area (Å²) in [4.78, 5) is 11.8. The van der Waals surface area contributed by atoms with E-state index in [1.54, 1.807) is 0 Å². The van der Waals surface area contributed by atoms with Crippen molar-refractivity contribution in [3.8, 4) is 6.07 Å². The number of amides is 1. The van der Waals surface area contributed by atoms with Gasteiger partial charge in [-0.1, -0.05) is 20.8 Å².